The molecule has 0 aromatic carbocycles. The monoisotopic (exact) mass is 346 g/mol. The quantitative estimate of drug-likeness (QED) is 0.442. The van der Waals surface area contributed by atoms with Gasteiger partial charge in [-0.3, -0.25) is 4.79 Å². The average molecular weight is 347 g/mol. The lowest BCUT2D eigenvalue weighted by Crippen LogP contribution is -2.32. The lowest BCUT2D eigenvalue weighted by molar-refractivity contribution is -0.124. The Kier molecular flexibility index (Phi) is 16.4. The number of rotatable bonds is 14. The van der Waals surface area contributed by atoms with Crippen LogP contribution in [0.25, 0.3) is 0 Å². The number of hydrogen-bond acceptors (Lipinski definition) is 2. The normalized spacial score (nSPS) is 17.0. The lowest BCUT2D eigenvalue weighted by atomic mass is 10.1. The third-order valence-electron chi connectivity index (χ3n) is 4.76. The van der Waals surface area contributed by atoms with Crippen LogP contribution < -0.4 is 10.6 Å². The molecule has 1 aliphatic rings. The Morgan fingerprint density at radius 1 is 0.913 bits per heavy atom. The summed E-state index contributed by atoms with van der Waals surface area (Å²) in [5.74, 6) is 0.477. The van der Waals surface area contributed by atoms with Gasteiger partial charge in [0.15, 0.2) is 0 Å². The van der Waals surface area contributed by atoms with Gasteiger partial charge in [-0.15, -0.1) is 12.4 Å². The summed E-state index contributed by atoms with van der Waals surface area (Å²) in [4.78, 5) is 11.8. The van der Waals surface area contributed by atoms with Gasteiger partial charge in [0.25, 0.3) is 0 Å². The van der Waals surface area contributed by atoms with Gasteiger partial charge in [-0.05, 0) is 19.4 Å². The standard InChI is InChI=1S/C19H38N2O.ClH/c1-2-3-4-5-6-7-8-9-10-11-12-13-15-21-19(22)18-14-16-20-17-18;/h18,20H,2-17H2,1H3,(H,21,22);1H. The zero-order valence-electron chi connectivity index (χ0n) is 15.2. The van der Waals surface area contributed by atoms with Crippen molar-refractivity contribution in [1.82, 2.24) is 10.6 Å². The Bertz CT molecular complexity index is 268. The van der Waals surface area contributed by atoms with E-state index >= 15 is 0 Å². The highest BCUT2D eigenvalue weighted by atomic mass is 35.5. The van der Waals surface area contributed by atoms with E-state index in [1.807, 2.05) is 0 Å². The van der Waals surface area contributed by atoms with Crippen molar-refractivity contribution < 1.29 is 4.79 Å². The Morgan fingerprint density at radius 2 is 1.43 bits per heavy atom. The average Bonchev–Trinajstić information content (AvgIpc) is 3.06. The molecule has 3 nitrogen and oxygen atoms in total. The SMILES string of the molecule is CCCCCCCCCCCCCCNC(=O)C1CCNC1.Cl. The van der Waals surface area contributed by atoms with Gasteiger partial charge in [0, 0.05) is 13.1 Å². The highest BCUT2D eigenvalue weighted by Crippen LogP contribution is 2.12. The molecule has 0 saturated carbocycles. The van der Waals surface area contributed by atoms with Crippen LogP contribution in [0, 0.1) is 5.92 Å². The van der Waals surface area contributed by atoms with Gasteiger partial charge in [-0.25, -0.2) is 0 Å². The summed E-state index contributed by atoms with van der Waals surface area (Å²) in [6.07, 6.45) is 17.4. The minimum Gasteiger partial charge on any atom is -0.356 e. The van der Waals surface area contributed by atoms with E-state index < -0.39 is 0 Å². The maximum atomic E-state index is 11.8. The van der Waals surface area contributed by atoms with E-state index in [9.17, 15) is 4.79 Å². The van der Waals surface area contributed by atoms with Crippen molar-refractivity contribution in [3.63, 3.8) is 0 Å². The molecular formula is C19H39ClN2O. The molecule has 1 fully saturated rings. The fourth-order valence-corrected chi connectivity index (χ4v) is 3.20. The van der Waals surface area contributed by atoms with E-state index in [1.165, 1.54) is 70.6 Å². The van der Waals surface area contributed by atoms with Gasteiger partial charge in [0.1, 0.15) is 0 Å². The van der Waals surface area contributed by atoms with E-state index in [1.54, 1.807) is 0 Å². The molecule has 1 heterocycles. The fraction of sp³-hybridized carbons (Fsp3) is 0.947. The molecule has 1 saturated heterocycles. The second kappa shape index (κ2) is 16.6. The van der Waals surface area contributed by atoms with Gasteiger partial charge in [-0.2, -0.15) is 0 Å². The van der Waals surface area contributed by atoms with Gasteiger partial charge in [0.05, 0.1) is 5.92 Å². The first kappa shape index (κ1) is 22.7. The zero-order valence-corrected chi connectivity index (χ0v) is 16.0. The maximum absolute atomic E-state index is 11.8. The Balaban J connectivity index is 0.00000484. The van der Waals surface area contributed by atoms with Crippen molar-refractivity contribution >= 4 is 18.3 Å². The number of carbonyl (C=O) groups excluding carboxylic acids is 1. The van der Waals surface area contributed by atoms with E-state index in [0.717, 1.165) is 32.5 Å². The molecule has 0 aromatic heterocycles. The second-order valence-corrected chi connectivity index (χ2v) is 6.87. The molecule has 4 heteroatoms. The summed E-state index contributed by atoms with van der Waals surface area (Å²) in [7, 11) is 0. The van der Waals surface area contributed by atoms with Crippen molar-refractivity contribution in [3.8, 4) is 0 Å². The molecule has 138 valence electrons. The Hall–Kier alpha value is -0.280. The minimum atomic E-state index is 0. The van der Waals surface area contributed by atoms with Gasteiger partial charge in [-0.1, -0.05) is 77.6 Å². The number of carbonyl (C=O) groups is 1. The minimum absolute atomic E-state index is 0. The number of amides is 1. The predicted molar refractivity (Wildman–Crippen MR) is 102 cm³/mol. The molecule has 2 N–H and O–H groups in total. The molecule has 23 heavy (non-hydrogen) atoms. The molecule has 1 unspecified atom stereocenters. The topological polar surface area (TPSA) is 41.1 Å². The van der Waals surface area contributed by atoms with Crippen LogP contribution in [-0.4, -0.2) is 25.5 Å². The second-order valence-electron chi connectivity index (χ2n) is 6.87. The Labute approximate surface area is 150 Å². The van der Waals surface area contributed by atoms with Crippen LogP contribution >= 0.6 is 12.4 Å². The number of nitrogens with one attached hydrogen (secondary N) is 2. The fourth-order valence-electron chi connectivity index (χ4n) is 3.20. The highest BCUT2D eigenvalue weighted by molar-refractivity contribution is 5.85. The molecule has 1 atom stereocenters. The van der Waals surface area contributed by atoms with E-state index in [-0.39, 0.29) is 24.2 Å². The first-order chi connectivity index (χ1) is 10.8. The number of hydrogen-bond donors (Lipinski definition) is 2. The van der Waals surface area contributed by atoms with Crippen LogP contribution in [0.1, 0.15) is 90.4 Å². The molecule has 0 spiro atoms. The maximum Gasteiger partial charge on any atom is 0.224 e. The van der Waals surface area contributed by atoms with Gasteiger partial charge >= 0.3 is 0 Å². The molecule has 0 bridgehead atoms. The van der Waals surface area contributed by atoms with Crippen LogP contribution in [0.3, 0.4) is 0 Å². The van der Waals surface area contributed by atoms with Crippen LogP contribution in [0.5, 0.6) is 0 Å². The van der Waals surface area contributed by atoms with Crippen LogP contribution in [0.2, 0.25) is 0 Å². The molecule has 1 amide bonds. The molecule has 0 aliphatic carbocycles. The molecule has 1 aliphatic heterocycles. The predicted octanol–water partition coefficient (Wildman–Crippen LogP) is 4.84. The largest absolute Gasteiger partial charge is 0.356 e. The molecule has 1 rings (SSSR count). The summed E-state index contributed by atoms with van der Waals surface area (Å²) in [5.41, 5.74) is 0. The van der Waals surface area contributed by atoms with E-state index in [2.05, 4.69) is 17.6 Å². The summed E-state index contributed by atoms with van der Waals surface area (Å²) in [5, 5.41) is 6.32. The van der Waals surface area contributed by atoms with Crippen molar-refractivity contribution in [2.24, 2.45) is 5.92 Å². The van der Waals surface area contributed by atoms with Crippen molar-refractivity contribution in [3.05, 3.63) is 0 Å². The first-order valence-corrected chi connectivity index (χ1v) is 9.83. The zero-order chi connectivity index (χ0) is 15.9. The third-order valence-corrected chi connectivity index (χ3v) is 4.76. The van der Waals surface area contributed by atoms with Crippen LogP contribution in [0.15, 0.2) is 0 Å². The van der Waals surface area contributed by atoms with E-state index in [0.29, 0.717) is 0 Å². The summed E-state index contributed by atoms with van der Waals surface area (Å²) in [6.45, 7) is 5.01. The lowest BCUT2D eigenvalue weighted by Gasteiger charge is -2.09. The molecule has 0 aromatic rings. The summed E-state index contributed by atoms with van der Waals surface area (Å²) in [6, 6.07) is 0. The first-order valence-electron chi connectivity index (χ1n) is 9.83. The number of unbranched alkanes of at least 4 members (excludes halogenated alkanes) is 11. The Morgan fingerprint density at radius 3 is 1.91 bits per heavy atom. The molecule has 0 radical (unpaired) electrons. The molecular weight excluding hydrogens is 308 g/mol. The van der Waals surface area contributed by atoms with Crippen molar-refractivity contribution in [2.75, 3.05) is 19.6 Å². The third kappa shape index (κ3) is 12.8. The summed E-state index contributed by atoms with van der Waals surface area (Å²) < 4.78 is 0. The van der Waals surface area contributed by atoms with Gasteiger partial charge in [0.2, 0.25) is 5.91 Å². The highest BCUT2D eigenvalue weighted by Gasteiger charge is 2.21. The number of halogens is 1. The summed E-state index contributed by atoms with van der Waals surface area (Å²) >= 11 is 0. The van der Waals surface area contributed by atoms with Crippen LogP contribution in [0.4, 0.5) is 0 Å². The van der Waals surface area contributed by atoms with Crippen molar-refractivity contribution in [1.29, 1.82) is 0 Å². The van der Waals surface area contributed by atoms with Crippen molar-refractivity contribution in [2.45, 2.75) is 90.4 Å². The van der Waals surface area contributed by atoms with E-state index in [4.69, 9.17) is 0 Å². The van der Waals surface area contributed by atoms with Gasteiger partial charge < -0.3 is 10.6 Å². The smallest absolute Gasteiger partial charge is 0.224 e. The van der Waals surface area contributed by atoms with Crippen LogP contribution in [-0.2, 0) is 4.79 Å².